The third-order valence-electron chi connectivity index (χ3n) is 5.12. The number of carbonyl (C=O) groups is 2. The van der Waals surface area contributed by atoms with E-state index in [0.29, 0.717) is 0 Å². The van der Waals surface area contributed by atoms with E-state index >= 15 is 0 Å². The molecule has 0 aliphatic carbocycles. The van der Waals surface area contributed by atoms with Crippen molar-refractivity contribution in [1.82, 2.24) is 10.2 Å². The van der Waals surface area contributed by atoms with Crippen LogP contribution in [-0.2, 0) is 4.79 Å². The van der Waals surface area contributed by atoms with Crippen LogP contribution in [0.25, 0.3) is 0 Å². The summed E-state index contributed by atoms with van der Waals surface area (Å²) in [5, 5.41) is 12.3. The number of furan rings is 1. The molecule has 4 atom stereocenters. The first-order valence-corrected chi connectivity index (χ1v) is 8.30. The van der Waals surface area contributed by atoms with Gasteiger partial charge >= 0.3 is 0 Å². The van der Waals surface area contributed by atoms with Crippen LogP contribution in [0.5, 0.6) is 0 Å². The first-order chi connectivity index (χ1) is 11.0. The minimum atomic E-state index is -0.576. The van der Waals surface area contributed by atoms with Crippen LogP contribution < -0.4 is 5.32 Å². The molecule has 4 unspecified atom stereocenters. The quantitative estimate of drug-likeness (QED) is 0.859. The van der Waals surface area contributed by atoms with Gasteiger partial charge in [-0.1, -0.05) is 13.8 Å². The monoisotopic (exact) mass is 320 g/mol. The minimum absolute atomic E-state index is 0.0195. The predicted molar refractivity (Wildman–Crippen MR) is 83.6 cm³/mol. The normalized spacial score (nSPS) is 27.5. The molecule has 0 aromatic carbocycles. The lowest BCUT2D eigenvalue weighted by Crippen LogP contribution is -2.53. The molecule has 6 heteroatoms. The average molecular weight is 320 g/mol. The van der Waals surface area contributed by atoms with Crippen LogP contribution in [0.15, 0.2) is 22.8 Å². The topological polar surface area (TPSA) is 82.8 Å². The highest BCUT2D eigenvalue weighted by molar-refractivity contribution is 5.95. The van der Waals surface area contributed by atoms with Crippen molar-refractivity contribution in [3.63, 3.8) is 0 Å². The van der Waals surface area contributed by atoms with Crippen molar-refractivity contribution in [2.24, 2.45) is 11.8 Å². The van der Waals surface area contributed by atoms with Crippen LogP contribution in [0.4, 0.5) is 0 Å². The number of amides is 2. The largest absolute Gasteiger partial charge is 0.459 e. The molecule has 1 aromatic heterocycles. The van der Waals surface area contributed by atoms with E-state index in [0.717, 1.165) is 19.3 Å². The Hall–Kier alpha value is -1.82. The lowest BCUT2D eigenvalue weighted by Gasteiger charge is -2.30. The number of hydrogen-bond donors (Lipinski definition) is 2. The van der Waals surface area contributed by atoms with Gasteiger partial charge in [0.25, 0.3) is 5.91 Å². The Bertz CT molecular complexity index is 569. The summed E-state index contributed by atoms with van der Waals surface area (Å²) in [6, 6.07) is 2.96. The molecule has 2 bridgehead atoms. The van der Waals surface area contributed by atoms with Gasteiger partial charge in [-0.15, -0.1) is 0 Å². The Morgan fingerprint density at radius 1 is 1.43 bits per heavy atom. The number of aliphatic hydroxyl groups excluding tert-OH is 1. The first kappa shape index (κ1) is 16.1. The van der Waals surface area contributed by atoms with Crippen LogP contribution in [0.3, 0.4) is 0 Å². The van der Waals surface area contributed by atoms with Gasteiger partial charge in [-0.3, -0.25) is 9.59 Å². The molecule has 3 rings (SSSR count). The third kappa shape index (κ3) is 2.87. The summed E-state index contributed by atoms with van der Waals surface area (Å²) in [5.41, 5.74) is 0. The summed E-state index contributed by atoms with van der Waals surface area (Å²) in [4.78, 5) is 27.1. The van der Waals surface area contributed by atoms with Crippen LogP contribution in [0.2, 0.25) is 0 Å². The summed E-state index contributed by atoms with van der Waals surface area (Å²) < 4.78 is 5.10. The lowest BCUT2D eigenvalue weighted by molar-refractivity contribution is -0.135. The fraction of sp³-hybridized carbons (Fsp3) is 0.647. The van der Waals surface area contributed by atoms with E-state index in [1.165, 1.54) is 6.26 Å². The van der Waals surface area contributed by atoms with Crippen molar-refractivity contribution >= 4 is 11.8 Å². The highest BCUT2D eigenvalue weighted by atomic mass is 16.3. The van der Waals surface area contributed by atoms with Crippen molar-refractivity contribution in [3.05, 3.63) is 24.2 Å². The fourth-order valence-corrected chi connectivity index (χ4v) is 3.95. The van der Waals surface area contributed by atoms with Crippen molar-refractivity contribution in [2.45, 2.75) is 51.2 Å². The number of hydrogen-bond acceptors (Lipinski definition) is 4. The lowest BCUT2D eigenvalue weighted by atomic mass is 9.90. The van der Waals surface area contributed by atoms with E-state index in [-0.39, 0.29) is 48.1 Å². The van der Waals surface area contributed by atoms with Gasteiger partial charge in [-0.2, -0.15) is 0 Å². The second-order valence-corrected chi connectivity index (χ2v) is 6.89. The Kier molecular flexibility index (Phi) is 4.43. The maximum atomic E-state index is 13.0. The molecule has 126 valence electrons. The highest BCUT2D eigenvalue weighted by Gasteiger charge is 2.49. The number of aliphatic hydroxyl groups is 1. The zero-order valence-corrected chi connectivity index (χ0v) is 13.6. The van der Waals surface area contributed by atoms with Gasteiger partial charge in [0.1, 0.15) is 6.04 Å². The molecule has 3 heterocycles. The van der Waals surface area contributed by atoms with E-state index in [1.807, 2.05) is 18.7 Å². The van der Waals surface area contributed by atoms with E-state index in [2.05, 4.69) is 5.32 Å². The Morgan fingerprint density at radius 3 is 2.78 bits per heavy atom. The summed E-state index contributed by atoms with van der Waals surface area (Å²) in [6.07, 6.45) is 4.24. The third-order valence-corrected chi connectivity index (χ3v) is 5.12. The highest BCUT2D eigenvalue weighted by Crippen LogP contribution is 2.42. The Balaban J connectivity index is 1.74. The molecule has 2 aliphatic rings. The van der Waals surface area contributed by atoms with Crippen LogP contribution in [0, 0.1) is 11.8 Å². The van der Waals surface area contributed by atoms with Gasteiger partial charge in [0, 0.05) is 24.6 Å². The Labute approximate surface area is 135 Å². The number of fused-ring (bicyclic) bond motifs is 2. The van der Waals surface area contributed by atoms with Gasteiger partial charge < -0.3 is 19.7 Å². The maximum absolute atomic E-state index is 13.0. The summed E-state index contributed by atoms with van der Waals surface area (Å²) in [7, 11) is 0. The number of rotatable bonds is 5. The van der Waals surface area contributed by atoms with E-state index in [4.69, 9.17) is 4.42 Å². The van der Waals surface area contributed by atoms with Crippen molar-refractivity contribution in [1.29, 1.82) is 0 Å². The first-order valence-electron chi connectivity index (χ1n) is 8.30. The van der Waals surface area contributed by atoms with Gasteiger partial charge in [-0.05, 0) is 37.3 Å². The van der Waals surface area contributed by atoms with E-state index in [9.17, 15) is 14.7 Å². The molecule has 1 aromatic rings. The molecular weight excluding hydrogens is 296 g/mol. The van der Waals surface area contributed by atoms with Crippen LogP contribution in [0.1, 0.15) is 43.7 Å². The molecule has 2 aliphatic heterocycles. The summed E-state index contributed by atoms with van der Waals surface area (Å²) in [5.74, 6) is -0.0444. The molecule has 2 amide bonds. The zero-order valence-electron chi connectivity index (χ0n) is 13.6. The fourth-order valence-electron chi connectivity index (χ4n) is 3.95. The molecule has 0 saturated carbocycles. The summed E-state index contributed by atoms with van der Waals surface area (Å²) in [6.45, 7) is 3.97. The van der Waals surface area contributed by atoms with Gasteiger partial charge in [0.05, 0.1) is 6.26 Å². The van der Waals surface area contributed by atoms with Gasteiger partial charge in [-0.25, -0.2) is 0 Å². The second kappa shape index (κ2) is 6.35. The predicted octanol–water partition coefficient (Wildman–Crippen LogP) is 1.41. The van der Waals surface area contributed by atoms with Crippen LogP contribution in [-0.4, -0.2) is 46.6 Å². The molecule has 2 saturated heterocycles. The standard InChI is InChI=1S/C17H24N2O4/c1-10(2)15(18-16(21)14-4-3-7-23-14)17(22)19-12-5-6-13(19)11(8-12)9-20/h3-4,7,10-13,15,20H,5-6,8-9H2,1-2H3,(H,18,21). The molecular formula is C17H24N2O4. The van der Waals surface area contributed by atoms with E-state index in [1.54, 1.807) is 12.1 Å². The van der Waals surface area contributed by atoms with Crippen molar-refractivity contribution in [2.75, 3.05) is 6.61 Å². The van der Waals surface area contributed by atoms with Gasteiger partial charge in [0.2, 0.25) is 5.91 Å². The average Bonchev–Trinajstić information content (AvgIpc) is 3.25. The molecule has 2 fully saturated rings. The minimum Gasteiger partial charge on any atom is -0.459 e. The Morgan fingerprint density at radius 2 is 2.22 bits per heavy atom. The van der Waals surface area contributed by atoms with E-state index < -0.39 is 6.04 Å². The van der Waals surface area contributed by atoms with Crippen LogP contribution >= 0.6 is 0 Å². The maximum Gasteiger partial charge on any atom is 0.287 e. The second-order valence-electron chi connectivity index (χ2n) is 6.89. The smallest absolute Gasteiger partial charge is 0.287 e. The molecule has 6 nitrogen and oxygen atoms in total. The summed E-state index contributed by atoms with van der Waals surface area (Å²) >= 11 is 0. The molecule has 2 N–H and O–H groups in total. The van der Waals surface area contributed by atoms with Crippen molar-refractivity contribution < 1.29 is 19.1 Å². The van der Waals surface area contributed by atoms with Crippen molar-refractivity contribution in [3.8, 4) is 0 Å². The molecule has 0 spiro atoms. The molecule has 23 heavy (non-hydrogen) atoms. The van der Waals surface area contributed by atoms with Gasteiger partial charge in [0.15, 0.2) is 5.76 Å². The zero-order chi connectivity index (χ0) is 16.6. The number of nitrogens with one attached hydrogen (secondary N) is 1. The molecule has 0 radical (unpaired) electrons. The number of carbonyl (C=O) groups excluding carboxylic acids is 2. The SMILES string of the molecule is CC(C)C(NC(=O)c1ccco1)C(=O)N1C2CCC1C(CO)C2. The number of nitrogens with zero attached hydrogens (tertiary/aromatic N) is 1.